The molecule has 1 fully saturated rings. The summed E-state index contributed by atoms with van der Waals surface area (Å²) in [5, 5.41) is 0. The summed E-state index contributed by atoms with van der Waals surface area (Å²) in [7, 11) is 1.79. The number of anilines is 1. The first-order chi connectivity index (χ1) is 8.04. The molecule has 1 aromatic heterocycles. The first kappa shape index (κ1) is 13.3. The van der Waals surface area contributed by atoms with Crippen LogP contribution in [0.5, 0.6) is 0 Å². The van der Waals surface area contributed by atoms with E-state index < -0.39 is 0 Å². The molecule has 0 radical (unpaired) electrons. The first-order valence-electron chi connectivity index (χ1n) is 5.65. The van der Waals surface area contributed by atoms with Gasteiger partial charge in [0.05, 0.1) is 10.1 Å². The summed E-state index contributed by atoms with van der Waals surface area (Å²) in [6, 6.07) is 2.03. The normalized spacial score (nSPS) is 25.1. The number of methoxy groups -OCH3 is 1. The standard InChI is InChI=1S/C12H16Br2N2O/c1-12(17-2)4-3-5-16(8-12)11-10(14)6-9(13)7-15-11/h6-7H,3-5,8H2,1-2H3. The molecule has 3 nitrogen and oxygen atoms in total. The number of hydrogen-bond acceptors (Lipinski definition) is 3. The molecule has 1 unspecified atom stereocenters. The van der Waals surface area contributed by atoms with Crippen molar-refractivity contribution < 1.29 is 4.74 Å². The van der Waals surface area contributed by atoms with Crippen LogP contribution >= 0.6 is 31.9 Å². The molecule has 1 aliphatic heterocycles. The van der Waals surface area contributed by atoms with Crippen molar-refractivity contribution >= 4 is 37.7 Å². The lowest BCUT2D eigenvalue weighted by Gasteiger charge is -2.40. The van der Waals surface area contributed by atoms with Crippen LogP contribution in [0.15, 0.2) is 21.2 Å². The summed E-state index contributed by atoms with van der Waals surface area (Å²) in [5.41, 5.74) is -0.0631. The minimum atomic E-state index is -0.0631. The van der Waals surface area contributed by atoms with E-state index in [1.54, 1.807) is 7.11 Å². The Morgan fingerprint density at radius 2 is 2.24 bits per heavy atom. The topological polar surface area (TPSA) is 25.4 Å². The number of piperidine rings is 1. The molecular weight excluding hydrogens is 348 g/mol. The van der Waals surface area contributed by atoms with Crippen molar-refractivity contribution in [2.24, 2.45) is 0 Å². The molecule has 2 rings (SSSR count). The van der Waals surface area contributed by atoms with Gasteiger partial charge >= 0.3 is 0 Å². The minimum absolute atomic E-state index is 0.0631. The molecule has 0 aliphatic carbocycles. The highest BCUT2D eigenvalue weighted by molar-refractivity contribution is 9.11. The van der Waals surface area contributed by atoms with Crippen LogP contribution in [0.25, 0.3) is 0 Å². The fourth-order valence-electron chi connectivity index (χ4n) is 2.19. The molecule has 1 atom stereocenters. The molecule has 0 N–H and O–H groups in total. The Balaban J connectivity index is 2.22. The highest BCUT2D eigenvalue weighted by atomic mass is 79.9. The van der Waals surface area contributed by atoms with E-state index in [-0.39, 0.29) is 5.60 Å². The molecule has 5 heteroatoms. The molecule has 17 heavy (non-hydrogen) atoms. The quantitative estimate of drug-likeness (QED) is 0.802. The van der Waals surface area contributed by atoms with Gasteiger partial charge in [-0.2, -0.15) is 0 Å². The van der Waals surface area contributed by atoms with Crippen LogP contribution in [0.2, 0.25) is 0 Å². The van der Waals surface area contributed by atoms with Crippen molar-refractivity contribution in [3.05, 3.63) is 21.2 Å². The lowest BCUT2D eigenvalue weighted by molar-refractivity contribution is -0.00484. The van der Waals surface area contributed by atoms with Gasteiger partial charge in [-0.15, -0.1) is 0 Å². The molecule has 2 heterocycles. The van der Waals surface area contributed by atoms with E-state index in [1.807, 2.05) is 12.3 Å². The third kappa shape index (κ3) is 3.01. The number of aromatic nitrogens is 1. The highest BCUT2D eigenvalue weighted by Crippen LogP contribution is 2.32. The zero-order valence-corrected chi connectivity index (χ0v) is 13.2. The lowest BCUT2D eigenvalue weighted by atomic mass is 9.95. The molecule has 0 saturated carbocycles. The van der Waals surface area contributed by atoms with Crippen molar-refractivity contribution in [2.45, 2.75) is 25.4 Å². The molecule has 94 valence electrons. The van der Waals surface area contributed by atoms with Gasteiger partial charge in [0.2, 0.25) is 0 Å². The van der Waals surface area contributed by atoms with Crippen molar-refractivity contribution in [1.29, 1.82) is 0 Å². The molecule has 1 aromatic rings. The summed E-state index contributed by atoms with van der Waals surface area (Å²) < 4.78 is 7.61. The average molecular weight is 364 g/mol. The van der Waals surface area contributed by atoms with Crippen molar-refractivity contribution in [1.82, 2.24) is 4.98 Å². The third-order valence-electron chi connectivity index (χ3n) is 3.24. The van der Waals surface area contributed by atoms with Crippen molar-refractivity contribution in [3.63, 3.8) is 0 Å². The Bertz CT molecular complexity index is 413. The minimum Gasteiger partial charge on any atom is -0.377 e. The van der Waals surface area contributed by atoms with E-state index in [2.05, 4.69) is 48.7 Å². The van der Waals surface area contributed by atoms with Crippen molar-refractivity contribution in [2.75, 3.05) is 25.1 Å². The van der Waals surface area contributed by atoms with E-state index in [9.17, 15) is 0 Å². The van der Waals surface area contributed by atoms with Gasteiger partial charge in [0, 0.05) is 30.9 Å². The zero-order chi connectivity index (χ0) is 12.5. The molecule has 1 saturated heterocycles. The van der Waals surface area contributed by atoms with Gasteiger partial charge in [0.15, 0.2) is 0 Å². The van der Waals surface area contributed by atoms with Gasteiger partial charge in [0.1, 0.15) is 5.82 Å². The fourth-order valence-corrected chi connectivity index (χ4v) is 3.43. The van der Waals surface area contributed by atoms with Crippen LogP contribution < -0.4 is 4.90 Å². The van der Waals surface area contributed by atoms with Gasteiger partial charge in [-0.3, -0.25) is 0 Å². The Morgan fingerprint density at radius 1 is 1.47 bits per heavy atom. The summed E-state index contributed by atoms with van der Waals surface area (Å²) >= 11 is 6.99. The van der Waals surface area contributed by atoms with Gasteiger partial charge < -0.3 is 9.64 Å². The van der Waals surface area contributed by atoms with E-state index >= 15 is 0 Å². The number of pyridine rings is 1. The predicted octanol–water partition coefficient (Wildman–Crippen LogP) is 3.61. The number of rotatable bonds is 2. The summed E-state index contributed by atoms with van der Waals surface area (Å²) in [4.78, 5) is 6.76. The van der Waals surface area contributed by atoms with Crippen molar-refractivity contribution in [3.8, 4) is 0 Å². The Labute approximate surface area is 119 Å². The molecule has 0 aromatic carbocycles. The second kappa shape index (κ2) is 5.24. The predicted molar refractivity (Wildman–Crippen MR) is 76.5 cm³/mol. The second-order valence-corrected chi connectivity index (χ2v) is 6.41. The number of hydrogen-bond donors (Lipinski definition) is 0. The van der Waals surface area contributed by atoms with Gasteiger partial charge in [0.25, 0.3) is 0 Å². The van der Waals surface area contributed by atoms with E-state index in [0.717, 1.165) is 40.7 Å². The molecule has 0 amide bonds. The number of ether oxygens (including phenoxy) is 1. The summed E-state index contributed by atoms with van der Waals surface area (Å²) in [6.45, 7) is 4.08. The van der Waals surface area contributed by atoms with E-state index in [4.69, 9.17) is 4.74 Å². The smallest absolute Gasteiger partial charge is 0.143 e. The van der Waals surface area contributed by atoms with Crippen LogP contribution in [0.4, 0.5) is 5.82 Å². The Morgan fingerprint density at radius 3 is 2.88 bits per heavy atom. The average Bonchev–Trinajstić information content (AvgIpc) is 2.29. The maximum atomic E-state index is 5.60. The zero-order valence-electron chi connectivity index (χ0n) is 10.0. The van der Waals surface area contributed by atoms with E-state index in [1.165, 1.54) is 0 Å². The largest absolute Gasteiger partial charge is 0.377 e. The van der Waals surface area contributed by atoms with Gasteiger partial charge in [-0.05, 0) is 57.7 Å². The molecule has 0 spiro atoms. The molecule has 0 bridgehead atoms. The molecule has 1 aliphatic rings. The third-order valence-corrected chi connectivity index (χ3v) is 4.26. The maximum Gasteiger partial charge on any atom is 0.143 e. The van der Waals surface area contributed by atoms with Crippen LogP contribution in [0.3, 0.4) is 0 Å². The SMILES string of the molecule is COC1(C)CCCN(c2ncc(Br)cc2Br)C1. The van der Waals surface area contributed by atoms with Gasteiger partial charge in [-0.25, -0.2) is 4.98 Å². The lowest BCUT2D eigenvalue weighted by Crippen LogP contribution is -2.47. The Kier molecular flexibility index (Phi) is 4.10. The fraction of sp³-hybridized carbons (Fsp3) is 0.583. The number of halogens is 2. The van der Waals surface area contributed by atoms with Gasteiger partial charge in [-0.1, -0.05) is 0 Å². The van der Waals surface area contributed by atoms with E-state index in [0.29, 0.717) is 0 Å². The number of nitrogens with zero attached hydrogens (tertiary/aromatic N) is 2. The summed E-state index contributed by atoms with van der Waals surface area (Å²) in [5.74, 6) is 0.996. The van der Waals surface area contributed by atoms with Crippen LogP contribution in [-0.4, -0.2) is 30.8 Å². The van der Waals surface area contributed by atoms with Crippen LogP contribution in [0, 0.1) is 0 Å². The molecular formula is C12H16Br2N2O. The Hall–Kier alpha value is -0.130. The monoisotopic (exact) mass is 362 g/mol. The highest BCUT2D eigenvalue weighted by Gasteiger charge is 2.31. The maximum absolute atomic E-state index is 5.60. The summed E-state index contributed by atoms with van der Waals surface area (Å²) in [6.07, 6.45) is 4.07. The van der Waals surface area contributed by atoms with Crippen LogP contribution in [0.1, 0.15) is 19.8 Å². The second-order valence-electron chi connectivity index (χ2n) is 4.64. The van der Waals surface area contributed by atoms with Crippen LogP contribution in [-0.2, 0) is 4.74 Å². The first-order valence-corrected chi connectivity index (χ1v) is 7.24.